The first-order chi connectivity index (χ1) is 7.20. The van der Waals surface area contributed by atoms with Crippen molar-refractivity contribution in [1.29, 1.82) is 0 Å². The van der Waals surface area contributed by atoms with Gasteiger partial charge in [-0.15, -0.1) is 0 Å². The number of rotatable bonds is 3. The molecule has 2 N–H and O–H groups in total. The van der Waals surface area contributed by atoms with Gasteiger partial charge in [0.2, 0.25) is 5.88 Å². The lowest BCUT2D eigenvalue weighted by Gasteiger charge is -2.23. The van der Waals surface area contributed by atoms with Gasteiger partial charge in [-0.25, -0.2) is 4.98 Å². The average Bonchev–Trinajstić information content (AvgIpc) is 2.65. The van der Waals surface area contributed by atoms with E-state index in [1.165, 1.54) is 12.8 Å². The van der Waals surface area contributed by atoms with E-state index in [1.54, 1.807) is 18.3 Å². The molecule has 82 valence electrons. The number of hydrogen-bond acceptors (Lipinski definition) is 3. The molecule has 0 aromatic carbocycles. The van der Waals surface area contributed by atoms with Crippen molar-refractivity contribution in [2.75, 3.05) is 6.61 Å². The summed E-state index contributed by atoms with van der Waals surface area (Å²) >= 11 is 5.93. The van der Waals surface area contributed by atoms with Gasteiger partial charge in [0.25, 0.3) is 0 Å². The van der Waals surface area contributed by atoms with Gasteiger partial charge >= 0.3 is 0 Å². The first-order valence-corrected chi connectivity index (χ1v) is 5.60. The van der Waals surface area contributed by atoms with Crippen LogP contribution in [0.3, 0.4) is 0 Å². The number of halogens is 1. The Morgan fingerprint density at radius 3 is 2.87 bits per heavy atom. The highest BCUT2D eigenvalue weighted by Crippen LogP contribution is 2.29. The molecule has 2 rings (SSSR count). The molecule has 1 heterocycles. The Morgan fingerprint density at radius 2 is 2.20 bits per heavy atom. The third kappa shape index (κ3) is 2.61. The van der Waals surface area contributed by atoms with Crippen LogP contribution in [0.25, 0.3) is 0 Å². The summed E-state index contributed by atoms with van der Waals surface area (Å²) in [6.45, 7) is 0.504. The molecule has 1 aliphatic carbocycles. The van der Waals surface area contributed by atoms with Crippen LogP contribution in [-0.4, -0.2) is 17.1 Å². The number of nitrogens with two attached hydrogens (primary N) is 1. The Bertz CT molecular complexity index is 337. The fourth-order valence-corrected chi connectivity index (χ4v) is 2.09. The number of pyridine rings is 1. The molecule has 0 atom stereocenters. The van der Waals surface area contributed by atoms with Gasteiger partial charge in [0, 0.05) is 6.20 Å². The SMILES string of the molecule is NC1(COc2ncccc2Cl)CCCC1. The van der Waals surface area contributed by atoms with Crippen molar-refractivity contribution >= 4 is 11.6 Å². The molecular formula is C11H15ClN2O. The third-order valence-electron chi connectivity index (χ3n) is 2.82. The Morgan fingerprint density at radius 1 is 1.47 bits per heavy atom. The summed E-state index contributed by atoms with van der Waals surface area (Å²) in [7, 11) is 0. The van der Waals surface area contributed by atoms with Crippen LogP contribution in [0.2, 0.25) is 5.02 Å². The van der Waals surface area contributed by atoms with E-state index < -0.39 is 0 Å². The highest BCUT2D eigenvalue weighted by atomic mass is 35.5. The van der Waals surface area contributed by atoms with Crippen LogP contribution in [0, 0.1) is 0 Å². The number of ether oxygens (including phenoxy) is 1. The van der Waals surface area contributed by atoms with Crippen molar-refractivity contribution in [1.82, 2.24) is 4.98 Å². The quantitative estimate of drug-likeness (QED) is 0.861. The second-order valence-electron chi connectivity index (χ2n) is 4.15. The smallest absolute Gasteiger partial charge is 0.232 e. The molecule has 1 fully saturated rings. The molecule has 0 unspecified atom stereocenters. The van der Waals surface area contributed by atoms with Crippen molar-refractivity contribution in [3.05, 3.63) is 23.4 Å². The lowest BCUT2D eigenvalue weighted by atomic mass is 10.0. The van der Waals surface area contributed by atoms with E-state index in [2.05, 4.69) is 4.98 Å². The van der Waals surface area contributed by atoms with Crippen LogP contribution in [0.1, 0.15) is 25.7 Å². The first kappa shape index (κ1) is 10.7. The second kappa shape index (κ2) is 4.37. The van der Waals surface area contributed by atoms with Crippen molar-refractivity contribution in [2.24, 2.45) is 5.73 Å². The Hall–Kier alpha value is -0.800. The summed E-state index contributed by atoms with van der Waals surface area (Å²) in [5.74, 6) is 0.482. The largest absolute Gasteiger partial charge is 0.475 e. The predicted octanol–water partition coefficient (Wildman–Crippen LogP) is 2.39. The van der Waals surface area contributed by atoms with Gasteiger partial charge in [0.05, 0.1) is 5.54 Å². The molecule has 3 nitrogen and oxygen atoms in total. The zero-order chi connectivity index (χ0) is 10.7. The van der Waals surface area contributed by atoms with Gasteiger partial charge in [-0.1, -0.05) is 24.4 Å². The van der Waals surface area contributed by atoms with Crippen LogP contribution >= 0.6 is 11.6 Å². The maximum Gasteiger partial charge on any atom is 0.232 e. The number of hydrogen-bond donors (Lipinski definition) is 1. The zero-order valence-corrected chi connectivity index (χ0v) is 9.33. The fourth-order valence-electron chi connectivity index (χ4n) is 1.91. The summed E-state index contributed by atoms with van der Waals surface area (Å²) in [4.78, 5) is 4.06. The van der Waals surface area contributed by atoms with Gasteiger partial charge < -0.3 is 10.5 Å². The van der Waals surface area contributed by atoms with E-state index in [-0.39, 0.29) is 5.54 Å². The van der Waals surface area contributed by atoms with Gasteiger partial charge in [-0.05, 0) is 25.0 Å². The molecular weight excluding hydrogens is 212 g/mol. The predicted molar refractivity (Wildman–Crippen MR) is 60.1 cm³/mol. The Balaban J connectivity index is 1.95. The van der Waals surface area contributed by atoms with Gasteiger partial charge in [-0.2, -0.15) is 0 Å². The average molecular weight is 227 g/mol. The standard InChI is InChI=1S/C11H15ClN2O/c12-9-4-3-7-14-10(9)15-8-11(13)5-1-2-6-11/h3-4,7H,1-2,5-6,8,13H2. The maximum atomic E-state index is 6.16. The van der Waals surface area contributed by atoms with Gasteiger partial charge in [0.1, 0.15) is 11.6 Å². The summed E-state index contributed by atoms with van der Waals surface area (Å²) in [6, 6.07) is 3.55. The first-order valence-electron chi connectivity index (χ1n) is 5.22. The molecule has 0 spiro atoms. The van der Waals surface area contributed by atoms with E-state index in [9.17, 15) is 0 Å². The lowest BCUT2D eigenvalue weighted by molar-refractivity contribution is 0.213. The lowest BCUT2D eigenvalue weighted by Crippen LogP contribution is -2.42. The molecule has 15 heavy (non-hydrogen) atoms. The van der Waals surface area contributed by atoms with Crippen molar-refractivity contribution in [3.63, 3.8) is 0 Å². The summed E-state index contributed by atoms with van der Waals surface area (Å²) < 4.78 is 5.56. The van der Waals surface area contributed by atoms with Crippen molar-refractivity contribution in [3.8, 4) is 5.88 Å². The van der Waals surface area contributed by atoms with E-state index >= 15 is 0 Å². The summed E-state index contributed by atoms with van der Waals surface area (Å²) in [6.07, 6.45) is 6.10. The van der Waals surface area contributed by atoms with E-state index in [0.717, 1.165) is 12.8 Å². The molecule has 0 bridgehead atoms. The minimum atomic E-state index is -0.180. The monoisotopic (exact) mass is 226 g/mol. The van der Waals surface area contributed by atoms with Crippen LogP contribution in [0.15, 0.2) is 18.3 Å². The third-order valence-corrected chi connectivity index (χ3v) is 3.11. The molecule has 0 aliphatic heterocycles. The van der Waals surface area contributed by atoms with E-state index in [0.29, 0.717) is 17.5 Å². The molecule has 1 aromatic rings. The van der Waals surface area contributed by atoms with E-state index in [1.807, 2.05) is 0 Å². The molecule has 0 amide bonds. The van der Waals surface area contributed by atoms with Gasteiger partial charge in [-0.3, -0.25) is 0 Å². The van der Waals surface area contributed by atoms with Crippen molar-refractivity contribution in [2.45, 2.75) is 31.2 Å². The molecule has 1 saturated carbocycles. The molecule has 1 aliphatic rings. The van der Waals surface area contributed by atoms with Crippen molar-refractivity contribution < 1.29 is 4.74 Å². The number of nitrogens with zero attached hydrogens (tertiary/aromatic N) is 1. The minimum Gasteiger partial charge on any atom is -0.475 e. The molecule has 1 aromatic heterocycles. The number of aromatic nitrogens is 1. The molecule has 0 radical (unpaired) electrons. The van der Waals surface area contributed by atoms with Crippen LogP contribution in [0.4, 0.5) is 0 Å². The fraction of sp³-hybridized carbons (Fsp3) is 0.545. The summed E-state index contributed by atoms with van der Waals surface area (Å²) in [5, 5.41) is 0.541. The van der Waals surface area contributed by atoms with Crippen LogP contribution in [-0.2, 0) is 0 Å². The summed E-state index contributed by atoms with van der Waals surface area (Å²) in [5.41, 5.74) is 5.98. The highest BCUT2D eigenvalue weighted by molar-refractivity contribution is 6.31. The minimum absolute atomic E-state index is 0.180. The second-order valence-corrected chi connectivity index (χ2v) is 4.56. The van der Waals surface area contributed by atoms with Gasteiger partial charge in [0.15, 0.2) is 0 Å². The zero-order valence-electron chi connectivity index (χ0n) is 8.58. The Kier molecular flexibility index (Phi) is 3.12. The maximum absolute atomic E-state index is 6.16. The molecule has 4 heteroatoms. The highest BCUT2D eigenvalue weighted by Gasteiger charge is 2.30. The normalized spacial score (nSPS) is 19.1. The topological polar surface area (TPSA) is 48.1 Å². The Labute approximate surface area is 94.6 Å². The molecule has 0 saturated heterocycles. The van der Waals surface area contributed by atoms with Crippen LogP contribution < -0.4 is 10.5 Å². The van der Waals surface area contributed by atoms with Crippen LogP contribution in [0.5, 0.6) is 5.88 Å². The van der Waals surface area contributed by atoms with E-state index in [4.69, 9.17) is 22.1 Å².